The number of nitro benzene ring substituents is 1. The van der Waals surface area contributed by atoms with Gasteiger partial charge in [0.05, 0.1) is 14.6 Å². The van der Waals surface area contributed by atoms with Crippen molar-refractivity contribution in [3.8, 4) is 5.75 Å². The molecule has 0 saturated carbocycles. The van der Waals surface area contributed by atoms with Gasteiger partial charge in [-0.25, -0.2) is 0 Å². The van der Waals surface area contributed by atoms with Gasteiger partial charge in [0.1, 0.15) is 12.4 Å². The number of ether oxygens (including phenoxy) is 1. The van der Waals surface area contributed by atoms with E-state index in [0.29, 0.717) is 22.4 Å². The van der Waals surface area contributed by atoms with Gasteiger partial charge in [0, 0.05) is 22.2 Å². The third-order valence-electron chi connectivity index (χ3n) is 3.03. The summed E-state index contributed by atoms with van der Waals surface area (Å²) in [6.07, 6.45) is 0. The van der Waals surface area contributed by atoms with Crippen molar-refractivity contribution in [3.05, 3.63) is 68.2 Å². The van der Waals surface area contributed by atoms with Gasteiger partial charge in [0.25, 0.3) is 5.69 Å². The Kier molecular flexibility index (Phi) is 6.71. The Morgan fingerprint density at radius 3 is 2.39 bits per heavy atom. The predicted molar refractivity (Wildman–Crippen MR) is 99.4 cm³/mol. The van der Waals surface area contributed by atoms with Crippen LogP contribution in [0.25, 0.3) is 0 Å². The number of halogens is 4. The van der Waals surface area contributed by atoms with Crippen LogP contribution in [0.5, 0.6) is 5.75 Å². The lowest BCUT2D eigenvalue weighted by molar-refractivity contribution is -0.384. The quantitative estimate of drug-likeness (QED) is 0.280. The molecule has 2 aromatic rings. The first-order chi connectivity index (χ1) is 10.9. The van der Waals surface area contributed by atoms with Crippen LogP contribution in [0.15, 0.2) is 42.5 Å². The molecular weight excluding hydrogens is 473 g/mol. The summed E-state index contributed by atoms with van der Waals surface area (Å²) in [5.74, 6) is 0.553. The maximum Gasteiger partial charge on any atom is 0.269 e. The van der Waals surface area contributed by atoms with Crippen molar-refractivity contribution in [1.29, 1.82) is 0 Å². The molecule has 2 rings (SSSR count). The lowest BCUT2D eigenvalue weighted by Gasteiger charge is -2.19. The fourth-order valence-electron chi connectivity index (χ4n) is 1.85. The fourth-order valence-corrected chi connectivity index (χ4v) is 3.34. The fraction of sp³-hybridized carbons (Fsp3) is 0.200. The molecule has 23 heavy (non-hydrogen) atoms. The van der Waals surface area contributed by atoms with Crippen molar-refractivity contribution in [2.24, 2.45) is 0 Å². The van der Waals surface area contributed by atoms with Gasteiger partial charge in [-0.2, -0.15) is 0 Å². The summed E-state index contributed by atoms with van der Waals surface area (Å²) in [5.41, 5.74) is 0.880. The highest BCUT2D eigenvalue weighted by Gasteiger charge is 2.21. The van der Waals surface area contributed by atoms with E-state index in [4.69, 9.17) is 27.9 Å². The molecule has 8 heteroatoms. The number of alkyl halides is 2. The summed E-state index contributed by atoms with van der Waals surface area (Å²) >= 11 is 19.3. The summed E-state index contributed by atoms with van der Waals surface area (Å²) < 4.78 is 5.64. The van der Waals surface area contributed by atoms with E-state index in [1.54, 1.807) is 30.3 Å². The van der Waals surface area contributed by atoms with E-state index in [9.17, 15) is 10.1 Å². The van der Waals surface area contributed by atoms with Gasteiger partial charge in [-0.3, -0.25) is 10.1 Å². The van der Waals surface area contributed by atoms with Crippen LogP contribution in [0.4, 0.5) is 5.69 Å². The van der Waals surface area contributed by atoms with Crippen LogP contribution in [-0.4, -0.2) is 16.4 Å². The van der Waals surface area contributed by atoms with Gasteiger partial charge >= 0.3 is 0 Å². The van der Waals surface area contributed by atoms with Crippen LogP contribution in [0.3, 0.4) is 0 Å². The topological polar surface area (TPSA) is 52.4 Å². The molecule has 0 N–H and O–H groups in total. The zero-order valence-corrected chi connectivity index (χ0v) is 16.3. The van der Waals surface area contributed by atoms with Gasteiger partial charge in [0.2, 0.25) is 0 Å². The Bertz CT molecular complexity index is 698. The summed E-state index contributed by atoms with van der Waals surface area (Å²) in [7, 11) is 0. The molecule has 2 aromatic carbocycles. The van der Waals surface area contributed by atoms with Crippen molar-refractivity contribution >= 4 is 60.7 Å². The highest BCUT2D eigenvalue weighted by atomic mass is 79.9. The Labute approximate surface area is 160 Å². The molecule has 0 aromatic heterocycles. The number of rotatable bonds is 6. The zero-order chi connectivity index (χ0) is 17.0. The second kappa shape index (κ2) is 8.33. The molecule has 0 aliphatic heterocycles. The van der Waals surface area contributed by atoms with Crippen LogP contribution in [0.2, 0.25) is 10.0 Å². The van der Waals surface area contributed by atoms with Gasteiger partial charge in [0.15, 0.2) is 0 Å². The van der Waals surface area contributed by atoms with E-state index in [1.807, 2.05) is 0 Å². The second-order valence-corrected chi connectivity index (χ2v) is 7.65. The maximum atomic E-state index is 10.6. The van der Waals surface area contributed by atoms with Crippen LogP contribution in [0, 0.1) is 10.1 Å². The van der Waals surface area contributed by atoms with Gasteiger partial charge < -0.3 is 4.74 Å². The second-order valence-electron chi connectivity index (χ2n) is 4.65. The smallest absolute Gasteiger partial charge is 0.269 e. The number of hydrogen-bond acceptors (Lipinski definition) is 3. The van der Waals surface area contributed by atoms with E-state index in [2.05, 4.69) is 31.9 Å². The summed E-state index contributed by atoms with van der Waals surface area (Å²) in [4.78, 5) is 9.98. The number of benzene rings is 2. The standard InChI is InChI=1S/C15H11Br2Cl2NO3/c16-13(15(17)12-7-9(18)1-6-14(12)19)8-23-11-4-2-10(3-5-11)20(21)22/h1-7,13,15H,8H2/t13-,15-/m1/s1. The number of non-ortho nitro benzene ring substituents is 1. The third kappa shape index (κ3) is 5.08. The summed E-state index contributed by atoms with van der Waals surface area (Å²) in [6.45, 7) is 0.344. The highest BCUT2D eigenvalue weighted by molar-refractivity contribution is 9.12. The molecule has 0 aliphatic carbocycles. The van der Waals surface area contributed by atoms with Crippen LogP contribution >= 0.6 is 55.1 Å². The summed E-state index contributed by atoms with van der Waals surface area (Å²) in [5, 5.41) is 11.8. The van der Waals surface area contributed by atoms with Crippen LogP contribution in [0.1, 0.15) is 10.4 Å². The third-order valence-corrected chi connectivity index (χ3v) is 6.24. The van der Waals surface area contributed by atoms with Crippen molar-refractivity contribution in [3.63, 3.8) is 0 Å². The van der Waals surface area contributed by atoms with E-state index in [-0.39, 0.29) is 15.3 Å². The number of hydrogen-bond donors (Lipinski definition) is 0. The Balaban J connectivity index is 1.99. The first-order valence-electron chi connectivity index (χ1n) is 6.49. The normalized spacial score (nSPS) is 13.4. The van der Waals surface area contributed by atoms with E-state index < -0.39 is 4.92 Å². The van der Waals surface area contributed by atoms with Crippen LogP contribution in [-0.2, 0) is 0 Å². The summed E-state index contributed by atoms with van der Waals surface area (Å²) in [6, 6.07) is 11.2. The average molecular weight is 484 g/mol. The molecular formula is C15H11Br2Cl2NO3. The predicted octanol–water partition coefficient (Wildman–Crippen LogP) is 6.18. The van der Waals surface area contributed by atoms with Crippen molar-refractivity contribution in [1.82, 2.24) is 0 Å². The maximum absolute atomic E-state index is 10.6. The van der Waals surface area contributed by atoms with Gasteiger partial charge in [-0.1, -0.05) is 55.1 Å². The molecule has 0 unspecified atom stereocenters. The number of nitrogens with zero attached hydrogens (tertiary/aromatic N) is 1. The molecule has 0 aliphatic rings. The SMILES string of the molecule is O=[N+]([O-])c1ccc(OC[C@@H](Br)[C@H](Br)c2cc(Cl)ccc2Cl)cc1. The largest absolute Gasteiger partial charge is 0.492 e. The molecule has 4 nitrogen and oxygen atoms in total. The minimum absolute atomic E-state index is 0.0248. The molecule has 0 saturated heterocycles. The minimum Gasteiger partial charge on any atom is -0.492 e. The van der Waals surface area contributed by atoms with E-state index >= 15 is 0 Å². The van der Waals surface area contributed by atoms with Gasteiger partial charge in [-0.15, -0.1) is 0 Å². The molecule has 0 radical (unpaired) electrons. The van der Waals surface area contributed by atoms with Crippen LogP contribution < -0.4 is 4.74 Å². The Morgan fingerprint density at radius 2 is 1.78 bits per heavy atom. The molecule has 0 amide bonds. The lowest BCUT2D eigenvalue weighted by atomic mass is 10.1. The molecule has 2 atom stereocenters. The Hall–Kier alpha value is -0.820. The average Bonchev–Trinajstić information content (AvgIpc) is 2.54. The minimum atomic E-state index is -0.452. The zero-order valence-electron chi connectivity index (χ0n) is 11.6. The first-order valence-corrected chi connectivity index (χ1v) is 9.07. The van der Waals surface area contributed by atoms with Crippen molar-refractivity contribution in [2.75, 3.05) is 6.61 Å². The Morgan fingerprint density at radius 1 is 1.13 bits per heavy atom. The molecule has 0 heterocycles. The van der Waals surface area contributed by atoms with Gasteiger partial charge in [-0.05, 0) is 35.9 Å². The molecule has 0 spiro atoms. The highest BCUT2D eigenvalue weighted by Crippen LogP contribution is 2.37. The monoisotopic (exact) mass is 481 g/mol. The first kappa shape index (κ1) is 18.5. The van der Waals surface area contributed by atoms with E-state index in [0.717, 1.165) is 5.56 Å². The van der Waals surface area contributed by atoms with Crippen molar-refractivity contribution in [2.45, 2.75) is 9.65 Å². The lowest BCUT2D eigenvalue weighted by Crippen LogP contribution is -2.16. The molecule has 122 valence electrons. The van der Waals surface area contributed by atoms with Crippen molar-refractivity contribution < 1.29 is 9.66 Å². The van der Waals surface area contributed by atoms with E-state index in [1.165, 1.54) is 12.1 Å². The molecule has 0 bridgehead atoms. The number of nitro groups is 1. The molecule has 0 fully saturated rings.